The summed E-state index contributed by atoms with van der Waals surface area (Å²) < 4.78 is 41.9. The monoisotopic (exact) mass is 651 g/mol. The van der Waals surface area contributed by atoms with Gasteiger partial charge in [-0.3, -0.25) is 23.9 Å². The van der Waals surface area contributed by atoms with Crippen LogP contribution in [0, 0.1) is 11.6 Å². The summed E-state index contributed by atoms with van der Waals surface area (Å²) in [5.41, 5.74) is -0.440. The van der Waals surface area contributed by atoms with Crippen molar-refractivity contribution >= 4 is 27.3 Å². The molecule has 0 saturated heterocycles. The standard InChI is InChI=1S/C32H31F2N5O6S/c1-37(13-14-44-2)16-23-28-30(42)39(26-11-12-27(41)36-35-26)32(43)38(17-22-24(33)5-4-6-25(22)34)31(28)46-29(23)20-9-7-19(8-10-20)15-21(40)18-45-3/h4-12H,13-18H2,1-3H3,(H,36,41). The molecule has 3 heterocycles. The number of ketones is 1. The van der Waals surface area contributed by atoms with Crippen LogP contribution in [-0.4, -0.2) is 71.0 Å². The number of likely N-dealkylation sites (N-methyl/N-ethyl adjacent to an activating group) is 1. The highest BCUT2D eigenvalue weighted by molar-refractivity contribution is 7.22. The van der Waals surface area contributed by atoms with Crippen molar-refractivity contribution in [3.63, 3.8) is 0 Å². The molecule has 3 aromatic heterocycles. The number of ether oxygens (including phenoxy) is 2. The fourth-order valence-corrected chi connectivity index (χ4v) is 6.41. The number of benzene rings is 2. The van der Waals surface area contributed by atoms with E-state index in [0.717, 1.165) is 44.2 Å². The van der Waals surface area contributed by atoms with Crippen LogP contribution in [-0.2, 0) is 33.8 Å². The number of aromatic nitrogens is 4. The SMILES string of the molecule is COCCN(C)Cc1c(-c2ccc(CC(=O)COC)cc2)sc2c1c(=O)n(-c1ccc(=O)[nH]n1)c(=O)n2Cc1c(F)cccc1F. The number of methoxy groups -OCH3 is 2. The smallest absolute Gasteiger partial charge is 0.338 e. The molecule has 2 aromatic carbocycles. The van der Waals surface area contributed by atoms with Gasteiger partial charge in [-0.05, 0) is 41.9 Å². The van der Waals surface area contributed by atoms with Crippen molar-refractivity contribution < 1.29 is 23.0 Å². The molecule has 0 aliphatic carbocycles. The topological polar surface area (TPSA) is 129 Å². The van der Waals surface area contributed by atoms with Gasteiger partial charge in [0.25, 0.3) is 11.1 Å². The van der Waals surface area contributed by atoms with Gasteiger partial charge in [0, 0.05) is 50.2 Å². The van der Waals surface area contributed by atoms with E-state index < -0.39 is 35.0 Å². The minimum atomic E-state index is -0.890. The molecule has 0 aliphatic rings. The summed E-state index contributed by atoms with van der Waals surface area (Å²) in [6.07, 6.45) is 0.178. The van der Waals surface area contributed by atoms with Gasteiger partial charge in [0.2, 0.25) is 0 Å². The number of nitrogens with one attached hydrogen (secondary N) is 1. The van der Waals surface area contributed by atoms with E-state index in [1.54, 1.807) is 19.2 Å². The molecule has 11 nitrogen and oxygen atoms in total. The molecule has 5 aromatic rings. The van der Waals surface area contributed by atoms with Gasteiger partial charge in [0.05, 0.1) is 18.5 Å². The maximum absolute atomic E-state index is 14.9. The Morgan fingerprint density at radius 2 is 1.70 bits per heavy atom. The van der Waals surface area contributed by atoms with Crippen molar-refractivity contribution in [1.29, 1.82) is 0 Å². The first kappa shape index (κ1) is 32.8. The Morgan fingerprint density at radius 3 is 2.33 bits per heavy atom. The Bertz CT molecular complexity index is 2030. The molecule has 0 unspecified atom stereocenters. The van der Waals surface area contributed by atoms with Crippen LogP contribution in [0.4, 0.5) is 8.78 Å². The molecule has 0 radical (unpaired) electrons. The van der Waals surface area contributed by atoms with E-state index in [2.05, 4.69) is 10.2 Å². The third-order valence-electron chi connectivity index (χ3n) is 7.37. The second kappa shape index (κ2) is 14.2. The second-order valence-corrected chi connectivity index (χ2v) is 11.7. The first-order valence-electron chi connectivity index (χ1n) is 14.2. The number of nitrogens with zero attached hydrogens (tertiary/aromatic N) is 4. The highest BCUT2D eigenvalue weighted by atomic mass is 32.1. The molecule has 5 rings (SSSR count). The second-order valence-electron chi connectivity index (χ2n) is 10.7. The number of thiophene rings is 1. The first-order valence-corrected chi connectivity index (χ1v) is 15.0. The van der Waals surface area contributed by atoms with Crippen molar-refractivity contribution in [3.05, 3.63) is 114 Å². The Labute approximate surface area is 265 Å². The van der Waals surface area contributed by atoms with Gasteiger partial charge >= 0.3 is 5.69 Å². The molecule has 14 heteroatoms. The Hall–Kier alpha value is -4.63. The molecular weight excluding hydrogens is 620 g/mol. The van der Waals surface area contributed by atoms with Crippen molar-refractivity contribution in [2.75, 3.05) is 41.0 Å². The zero-order valence-electron chi connectivity index (χ0n) is 25.3. The number of aromatic amines is 1. The molecule has 0 aliphatic heterocycles. The Balaban J connectivity index is 1.79. The number of hydrogen-bond donors (Lipinski definition) is 1. The molecular formula is C32H31F2N5O6S. The predicted molar refractivity (Wildman–Crippen MR) is 170 cm³/mol. The summed E-state index contributed by atoms with van der Waals surface area (Å²) in [6, 6.07) is 13.0. The predicted octanol–water partition coefficient (Wildman–Crippen LogP) is 3.13. The fourth-order valence-electron chi connectivity index (χ4n) is 5.11. The number of carbonyl (C=O) groups is 1. The summed E-state index contributed by atoms with van der Waals surface area (Å²) in [6.45, 7) is 0.668. The first-order chi connectivity index (χ1) is 22.1. The lowest BCUT2D eigenvalue weighted by Crippen LogP contribution is -2.40. The Kier molecular flexibility index (Phi) is 10.1. The molecule has 0 saturated carbocycles. The molecule has 46 heavy (non-hydrogen) atoms. The Morgan fingerprint density at radius 1 is 0.978 bits per heavy atom. The third kappa shape index (κ3) is 6.79. The van der Waals surface area contributed by atoms with Crippen LogP contribution < -0.4 is 16.8 Å². The van der Waals surface area contributed by atoms with Crippen LogP contribution in [0.3, 0.4) is 0 Å². The van der Waals surface area contributed by atoms with Gasteiger partial charge < -0.3 is 9.47 Å². The van der Waals surface area contributed by atoms with Gasteiger partial charge in [-0.2, -0.15) is 5.10 Å². The van der Waals surface area contributed by atoms with Crippen LogP contribution in [0.1, 0.15) is 16.7 Å². The summed E-state index contributed by atoms with van der Waals surface area (Å²) in [5, 5.41) is 6.30. The maximum atomic E-state index is 14.9. The third-order valence-corrected chi connectivity index (χ3v) is 8.68. The van der Waals surface area contributed by atoms with E-state index in [9.17, 15) is 28.0 Å². The number of H-pyrrole nitrogens is 1. The largest absolute Gasteiger partial charge is 0.383 e. The van der Waals surface area contributed by atoms with Crippen molar-refractivity contribution in [2.24, 2.45) is 0 Å². The van der Waals surface area contributed by atoms with E-state index >= 15 is 0 Å². The minimum Gasteiger partial charge on any atom is -0.383 e. The molecule has 0 atom stereocenters. The number of carbonyl (C=O) groups excluding carboxylic acids is 1. The van der Waals surface area contributed by atoms with E-state index in [4.69, 9.17) is 9.47 Å². The van der Waals surface area contributed by atoms with E-state index in [1.807, 2.05) is 24.1 Å². The number of hydrogen-bond acceptors (Lipinski definition) is 9. The summed E-state index contributed by atoms with van der Waals surface area (Å²) >= 11 is 1.14. The molecule has 0 fully saturated rings. The van der Waals surface area contributed by atoms with Crippen molar-refractivity contribution in [1.82, 2.24) is 24.2 Å². The van der Waals surface area contributed by atoms with Gasteiger partial charge in [-0.15, -0.1) is 11.3 Å². The molecule has 0 spiro atoms. The fraction of sp³-hybridized carbons (Fsp3) is 0.281. The summed E-state index contributed by atoms with van der Waals surface area (Å²) in [4.78, 5) is 55.0. The zero-order chi connectivity index (χ0) is 33.0. The normalized spacial score (nSPS) is 11.5. The number of halogens is 2. The number of Topliss-reactive ketones (excluding diaryl/α,β-unsaturated/α-hetero) is 1. The van der Waals surface area contributed by atoms with Crippen molar-refractivity contribution in [3.8, 4) is 16.3 Å². The van der Waals surface area contributed by atoms with Gasteiger partial charge in [-0.1, -0.05) is 30.3 Å². The van der Waals surface area contributed by atoms with Crippen molar-refractivity contribution in [2.45, 2.75) is 19.5 Å². The molecule has 240 valence electrons. The van der Waals surface area contributed by atoms with Crippen LogP contribution in [0.15, 0.2) is 69.0 Å². The minimum absolute atomic E-state index is 0.00735. The average molecular weight is 652 g/mol. The molecule has 1 N–H and O–H groups in total. The lowest BCUT2D eigenvalue weighted by atomic mass is 10.0. The van der Waals surface area contributed by atoms with E-state index in [0.29, 0.717) is 29.2 Å². The lowest BCUT2D eigenvalue weighted by Gasteiger charge is -2.17. The quantitative estimate of drug-likeness (QED) is 0.206. The van der Waals surface area contributed by atoms with Gasteiger partial charge in [-0.25, -0.2) is 23.2 Å². The highest BCUT2D eigenvalue weighted by Gasteiger charge is 2.26. The summed E-state index contributed by atoms with van der Waals surface area (Å²) in [7, 11) is 4.88. The van der Waals surface area contributed by atoms with E-state index in [1.165, 1.54) is 19.2 Å². The lowest BCUT2D eigenvalue weighted by molar-refractivity contribution is -0.121. The van der Waals surface area contributed by atoms with Crippen LogP contribution >= 0.6 is 11.3 Å². The van der Waals surface area contributed by atoms with Crippen LogP contribution in [0.5, 0.6) is 0 Å². The van der Waals surface area contributed by atoms with Crippen LogP contribution in [0.2, 0.25) is 0 Å². The number of rotatable bonds is 13. The summed E-state index contributed by atoms with van der Waals surface area (Å²) in [5.74, 6) is -1.95. The van der Waals surface area contributed by atoms with E-state index in [-0.39, 0.29) is 47.0 Å². The maximum Gasteiger partial charge on any atom is 0.338 e. The average Bonchev–Trinajstić information content (AvgIpc) is 3.39. The number of fused-ring (bicyclic) bond motifs is 1. The molecule has 0 amide bonds. The molecule has 0 bridgehead atoms. The van der Waals surface area contributed by atoms with Gasteiger partial charge in [0.1, 0.15) is 23.1 Å². The highest BCUT2D eigenvalue weighted by Crippen LogP contribution is 2.38. The van der Waals surface area contributed by atoms with Gasteiger partial charge in [0.15, 0.2) is 11.6 Å². The zero-order valence-corrected chi connectivity index (χ0v) is 26.2. The van der Waals surface area contributed by atoms with Crippen LogP contribution in [0.25, 0.3) is 26.5 Å².